The van der Waals surface area contributed by atoms with Gasteiger partial charge in [-0.15, -0.1) is 11.3 Å². The van der Waals surface area contributed by atoms with E-state index < -0.39 is 17.1 Å². The highest BCUT2D eigenvalue weighted by atomic mass is 35.5. The number of H-pyrrole nitrogens is 1. The van der Waals surface area contributed by atoms with Gasteiger partial charge in [-0.2, -0.15) is 0 Å². The molecule has 0 fully saturated rings. The number of thiophene rings is 1. The van der Waals surface area contributed by atoms with Crippen molar-refractivity contribution in [3.8, 4) is 21.9 Å². The summed E-state index contributed by atoms with van der Waals surface area (Å²) in [5.41, 5.74) is 1.16. The molecule has 0 saturated heterocycles. The number of halogens is 2. The Hall–Kier alpha value is -3.49. The summed E-state index contributed by atoms with van der Waals surface area (Å²) in [5, 5.41) is 1.77. The minimum Gasteiger partial charge on any atom is -0.494 e. The molecule has 3 aromatic heterocycles. The molecule has 5 aromatic rings. The van der Waals surface area contributed by atoms with Crippen molar-refractivity contribution in [2.24, 2.45) is 0 Å². The molecule has 32 heavy (non-hydrogen) atoms. The topological polar surface area (TPSA) is 77.0 Å². The van der Waals surface area contributed by atoms with Crippen molar-refractivity contribution < 1.29 is 9.13 Å². The molecule has 6 nitrogen and oxygen atoms in total. The Morgan fingerprint density at radius 2 is 2.00 bits per heavy atom. The van der Waals surface area contributed by atoms with Crippen molar-refractivity contribution in [2.75, 3.05) is 7.11 Å². The fourth-order valence-electron chi connectivity index (χ4n) is 3.80. The molecular weight excluding hydrogens is 453 g/mol. The monoisotopic (exact) mass is 467 g/mol. The van der Waals surface area contributed by atoms with Crippen molar-refractivity contribution in [2.45, 2.75) is 6.92 Å². The van der Waals surface area contributed by atoms with E-state index in [1.165, 1.54) is 19.4 Å². The minimum atomic E-state index is -0.586. The smallest absolute Gasteiger partial charge is 0.333 e. The summed E-state index contributed by atoms with van der Waals surface area (Å²) in [5.74, 6) is -0.554. The van der Waals surface area contributed by atoms with E-state index in [2.05, 4.69) is 9.97 Å². The zero-order chi connectivity index (χ0) is 22.6. The minimum absolute atomic E-state index is 0.0325. The molecular formula is C23H15ClFN3O3S. The van der Waals surface area contributed by atoms with Crippen molar-refractivity contribution >= 4 is 43.9 Å². The van der Waals surface area contributed by atoms with Gasteiger partial charge in [0, 0.05) is 27.4 Å². The third-order valence-corrected chi connectivity index (χ3v) is 6.76. The zero-order valence-corrected chi connectivity index (χ0v) is 18.5. The van der Waals surface area contributed by atoms with Gasteiger partial charge in [0.05, 0.1) is 29.5 Å². The largest absolute Gasteiger partial charge is 0.494 e. The zero-order valence-electron chi connectivity index (χ0n) is 16.9. The first-order valence-electron chi connectivity index (χ1n) is 9.55. The quantitative estimate of drug-likeness (QED) is 0.402. The Morgan fingerprint density at radius 1 is 1.19 bits per heavy atom. The fraction of sp³-hybridized carbons (Fsp3) is 0.0870. The Balaban J connectivity index is 1.78. The van der Waals surface area contributed by atoms with Gasteiger partial charge in [0.1, 0.15) is 4.70 Å². The van der Waals surface area contributed by atoms with Crippen LogP contribution >= 0.6 is 22.9 Å². The van der Waals surface area contributed by atoms with Gasteiger partial charge in [-0.3, -0.25) is 9.78 Å². The molecule has 1 N–H and O–H groups in total. The maximum Gasteiger partial charge on any atom is 0.333 e. The van der Waals surface area contributed by atoms with Crippen molar-refractivity contribution in [1.29, 1.82) is 0 Å². The first-order valence-corrected chi connectivity index (χ1v) is 10.7. The molecule has 160 valence electrons. The highest BCUT2D eigenvalue weighted by Gasteiger charge is 2.18. The number of aryl methyl sites for hydroxylation is 1. The van der Waals surface area contributed by atoms with E-state index in [0.717, 1.165) is 38.3 Å². The van der Waals surface area contributed by atoms with Crippen molar-refractivity contribution in [3.05, 3.63) is 86.0 Å². The van der Waals surface area contributed by atoms with Crippen LogP contribution in [0.3, 0.4) is 0 Å². The molecule has 2 aromatic carbocycles. The lowest BCUT2D eigenvalue weighted by Crippen LogP contribution is -2.33. The molecule has 0 aliphatic carbocycles. The normalized spacial score (nSPS) is 11.4. The van der Waals surface area contributed by atoms with Gasteiger partial charge in [-0.25, -0.2) is 13.8 Å². The summed E-state index contributed by atoms with van der Waals surface area (Å²) >= 11 is 7.41. The standard InChI is InChI=1S/C23H15ClFN3O3S/c1-11-4-3-5-12-9-26-10-17(20(11)12)28-22(29)21-16(27-23(28)30)8-19(32-21)13-6-18(31-2)15(25)7-14(13)24/h3-10H,1-2H3,(H,27,30). The second-order valence-electron chi connectivity index (χ2n) is 7.22. The highest BCUT2D eigenvalue weighted by molar-refractivity contribution is 7.22. The Bertz CT molecular complexity index is 1650. The molecule has 3 heterocycles. The predicted molar refractivity (Wildman–Crippen MR) is 125 cm³/mol. The van der Waals surface area contributed by atoms with Gasteiger partial charge in [0.15, 0.2) is 11.6 Å². The van der Waals surface area contributed by atoms with E-state index >= 15 is 0 Å². The van der Waals surface area contributed by atoms with Gasteiger partial charge in [-0.1, -0.05) is 29.8 Å². The molecule has 0 bridgehead atoms. The molecule has 0 saturated carbocycles. The molecule has 0 atom stereocenters. The number of hydrogen-bond acceptors (Lipinski definition) is 5. The molecule has 0 spiro atoms. The summed E-state index contributed by atoms with van der Waals surface area (Å²) < 4.78 is 20.4. The van der Waals surface area contributed by atoms with Crippen LogP contribution < -0.4 is 16.0 Å². The summed E-state index contributed by atoms with van der Waals surface area (Å²) in [6.07, 6.45) is 3.20. The first kappa shape index (κ1) is 20.4. The van der Waals surface area contributed by atoms with Crippen LogP contribution in [0.1, 0.15) is 5.56 Å². The molecule has 9 heteroatoms. The number of fused-ring (bicyclic) bond motifs is 2. The Kier molecular flexibility index (Phi) is 4.83. The number of nitrogens with one attached hydrogen (secondary N) is 1. The van der Waals surface area contributed by atoms with E-state index in [4.69, 9.17) is 16.3 Å². The summed E-state index contributed by atoms with van der Waals surface area (Å²) in [7, 11) is 1.36. The summed E-state index contributed by atoms with van der Waals surface area (Å²) in [6.45, 7) is 1.91. The molecule has 0 aliphatic heterocycles. The Labute approximate surface area is 189 Å². The van der Waals surface area contributed by atoms with Crippen LogP contribution in [-0.4, -0.2) is 21.6 Å². The average Bonchev–Trinajstić information content (AvgIpc) is 3.18. The van der Waals surface area contributed by atoms with Crippen LogP contribution in [0.2, 0.25) is 5.02 Å². The fourth-order valence-corrected chi connectivity index (χ4v) is 5.19. The molecule has 0 unspecified atom stereocenters. The lowest BCUT2D eigenvalue weighted by atomic mass is 10.1. The maximum atomic E-state index is 14.0. The van der Waals surface area contributed by atoms with Crippen LogP contribution in [0.4, 0.5) is 4.39 Å². The summed E-state index contributed by atoms with van der Waals surface area (Å²) in [6, 6.07) is 9.97. The second-order valence-corrected chi connectivity index (χ2v) is 8.68. The van der Waals surface area contributed by atoms with E-state index in [9.17, 15) is 14.0 Å². The van der Waals surface area contributed by atoms with Crippen molar-refractivity contribution in [3.63, 3.8) is 0 Å². The van der Waals surface area contributed by atoms with Gasteiger partial charge in [-0.05, 0) is 30.7 Å². The maximum absolute atomic E-state index is 14.0. The van der Waals surface area contributed by atoms with Crippen LogP contribution in [0.15, 0.2) is 58.4 Å². The lowest BCUT2D eigenvalue weighted by Gasteiger charge is -2.10. The van der Waals surface area contributed by atoms with Gasteiger partial charge < -0.3 is 9.72 Å². The third kappa shape index (κ3) is 3.11. The Morgan fingerprint density at radius 3 is 2.78 bits per heavy atom. The number of hydrogen-bond donors (Lipinski definition) is 1. The molecule has 0 aliphatic rings. The predicted octanol–water partition coefficient (Wildman–Crippen LogP) is 5.07. The molecule has 0 amide bonds. The van der Waals surface area contributed by atoms with Crippen LogP contribution in [0, 0.1) is 12.7 Å². The number of aromatic nitrogens is 3. The third-order valence-electron chi connectivity index (χ3n) is 5.29. The first-order chi connectivity index (χ1) is 15.4. The van der Waals surface area contributed by atoms with E-state index in [1.807, 2.05) is 25.1 Å². The van der Waals surface area contributed by atoms with E-state index in [1.54, 1.807) is 12.3 Å². The van der Waals surface area contributed by atoms with Gasteiger partial charge in [0.25, 0.3) is 5.56 Å². The summed E-state index contributed by atoms with van der Waals surface area (Å²) in [4.78, 5) is 34.0. The number of benzene rings is 2. The number of ether oxygens (including phenoxy) is 1. The molecule has 0 radical (unpaired) electrons. The van der Waals surface area contributed by atoms with Crippen LogP contribution in [-0.2, 0) is 0 Å². The highest BCUT2D eigenvalue weighted by Crippen LogP contribution is 2.38. The van der Waals surface area contributed by atoms with Gasteiger partial charge >= 0.3 is 5.69 Å². The van der Waals surface area contributed by atoms with Crippen LogP contribution in [0.25, 0.3) is 37.1 Å². The second kappa shape index (κ2) is 7.58. The lowest BCUT2D eigenvalue weighted by molar-refractivity contribution is 0.387. The van der Waals surface area contributed by atoms with Gasteiger partial charge in [0.2, 0.25) is 0 Å². The average molecular weight is 468 g/mol. The van der Waals surface area contributed by atoms with E-state index in [-0.39, 0.29) is 10.8 Å². The van der Waals surface area contributed by atoms with Crippen LogP contribution in [0.5, 0.6) is 5.75 Å². The van der Waals surface area contributed by atoms with Crippen molar-refractivity contribution in [1.82, 2.24) is 14.5 Å². The SMILES string of the molecule is COc1cc(-c2cc3[nH]c(=O)n(-c4cncc5cccc(C)c45)c(=O)c3s2)c(Cl)cc1F. The number of nitrogens with zero attached hydrogens (tertiary/aromatic N) is 2. The number of methoxy groups -OCH3 is 1. The molecule has 5 rings (SSSR count). The van der Waals surface area contributed by atoms with E-state index in [0.29, 0.717) is 26.3 Å². The number of rotatable bonds is 3. The number of pyridine rings is 1. The number of aromatic amines is 1.